The molecule has 0 bridgehead atoms. The van der Waals surface area contributed by atoms with Crippen LogP contribution in [0.15, 0.2) is 232 Å². The first kappa shape index (κ1) is 57.8. The summed E-state index contributed by atoms with van der Waals surface area (Å²) in [5.41, 5.74) is 21.8. The third-order valence-electron chi connectivity index (χ3n) is 17.6. The predicted molar refractivity (Wildman–Crippen MR) is 378 cm³/mol. The molecular weight excluding hydrogens is 1350 g/mol. The third kappa shape index (κ3) is 10.1. The second kappa shape index (κ2) is 23.6. The molecule has 9 heterocycles. The second-order valence-corrected chi connectivity index (χ2v) is 26.5. The van der Waals surface area contributed by atoms with Crippen LogP contribution in [0.1, 0.15) is 31.3 Å². The number of thiophene rings is 3. The van der Waals surface area contributed by atoms with Crippen LogP contribution >= 0.6 is 34.0 Å². The zero-order valence-electron chi connectivity index (χ0n) is 50.4. The number of aromatic nitrogens is 3. The van der Waals surface area contributed by atoms with Crippen LogP contribution in [0, 0.1) is 59.7 Å². The Kier molecular flexibility index (Phi) is 15.0. The molecule has 0 atom stereocenters. The van der Waals surface area contributed by atoms with Gasteiger partial charge in [0.05, 0.1) is 16.7 Å². The van der Waals surface area contributed by atoms with Crippen LogP contribution in [-0.2, 0) is 20.1 Å². The van der Waals surface area contributed by atoms with Gasteiger partial charge in [-0.15, -0.1) is 88.6 Å². The van der Waals surface area contributed by atoms with Crippen molar-refractivity contribution in [2.75, 3.05) is 0 Å². The average molecular weight is 1410 g/mol. The summed E-state index contributed by atoms with van der Waals surface area (Å²) in [5, 5.41) is 10.7. The van der Waals surface area contributed by atoms with Gasteiger partial charge >= 0.3 is 20.1 Å². The Morgan fingerprint density at radius 1 is 0.319 bits per heavy atom. The molecule has 0 aliphatic carbocycles. The zero-order valence-corrected chi connectivity index (χ0v) is 55.3. The zero-order chi connectivity index (χ0) is 60.7. The normalized spacial score (nSPS) is 11.5. The van der Waals surface area contributed by atoms with E-state index in [0.717, 1.165) is 116 Å². The molecule has 0 saturated heterocycles. The maximum atomic E-state index is 6.21. The number of rotatable bonds is 6. The summed E-state index contributed by atoms with van der Waals surface area (Å²) in [4.78, 5) is 18.1. The Bertz CT molecular complexity index is 5290. The number of para-hydroxylation sites is 3. The van der Waals surface area contributed by atoms with Crippen LogP contribution in [0.25, 0.3) is 163 Å². The minimum atomic E-state index is 0. The van der Waals surface area contributed by atoms with Gasteiger partial charge in [0.2, 0.25) is 0 Å². The first-order chi connectivity index (χ1) is 44.1. The van der Waals surface area contributed by atoms with Gasteiger partial charge in [-0.1, -0.05) is 142 Å². The molecule has 18 aromatic rings. The summed E-state index contributed by atoms with van der Waals surface area (Å²) < 4.78 is 22.6. The number of pyridine rings is 3. The van der Waals surface area contributed by atoms with Crippen molar-refractivity contribution in [2.24, 2.45) is 0 Å². The summed E-state index contributed by atoms with van der Waals surface area (Å²) in [6.07, 6.45) is 5.65. The van der Waals surface area contributed by atoms with Gasteiger partial charge in [-0.3, -0.25) is 0 Å². The van der Waals surface area contributed by atoms with Crippen molar-refractivity contribution >= 4 is 130 Å². The molecule has 9 aromatic carbocycles. The smallest absolute Gasteiger partial charge is 0.501 e. The maximum Gasteiger partial charge on any atom is 3.00 e. The molecule has 0 N–H and O–H groups in total. The van der Waals surface area contributed by atoms with E-state index in [2.05, 4.69) is 202 Å². The van der Waals surface area contributed by atoms with Gasteiger partial charge in [0.15, 0.2) is 0 Å². The summed E-state index contributed by atoms with van der Waals surface area (Å²) in [7, 11) is 0. The predicted octanol–water partition coefficient (Wildman–Crippen LogP) is 23.8. The van der Waals surface area contributed by atoms with Gasteiger partial charge in [-0.05, 0) is 163 Å². The number of furan rings is 3. The third-order valence-corrected chi connectivity index (χ3v) is 21.1. The topological polar surface area (TPSA) is 78.1 Å². The van der Waals surface area contributed by atoms with E-state index in [9.17, 15) is 0 Å². The van der Waals surface area contributed by atoms with Crippen molar-refractivity contribution in [1.29, 1.82) is 0 Å². The van der Waals surface area contributed by atoms with E-state index in [-0.39, 0.29) is 20.1 Å². The summed E-state index contributed by atoms with van der Waals surface area (Å²) in [6.45, 7) is 13.2. The van der Waals surface area contributed by atoms with Gasteiger partial charge < -0.3 is 28.2 Å². The molecule has 10 heteroatoms. The van der Waals surface area contributed by atoms with Crippen molar-refractivity contribution in [1.82, 2.24) is 15.0 Å². The maximum absolute atomic E-state index is 6.21. The van der Waals surface area contributed by atoms with E-state index in [1.807, 2.05) is 125 Å². The molecule has 0 saturated carbocycles. The van der Waals surface area contributed by atoms with E-state index in [4.69, 9.17) is 13.3 Å². The van der Waals surface area contributed by atoms with Crippen molar-refractivity contribution < 1.29 is 33.4 Å². The minimum absolute atomic E-state index is 0. The van der Waals surface area contributed by atoms with E-state index in [1.54, 1.807) is 0 Å². The fraction of sp³-hybridized carbons (Fsp3) is 0.0741. The van der Waals surface area contributed by atoms with Crippen molar-refractivity contribution in [3.05, 3.63) is 268 Å². The van der Waals surface area contributed by atoms with Gasteiger partial charge in [0.1, 0.15) is 16.7 Å². The van der Waals surface area contributed by atoms with Crippen LogP contribution in [0.5, 0.6) is 0 Å². The van der Waals surface area contributed by atoms with Crippen molar-refractivity contribution in [3.8, 4) is 67.2 Å². The molecule has 18 rings (SSSR count). The molecule has 6 nitrogen and oxygen atoms in total. The van der Waals surface area contributed by atoms with Gasteiger partial charge in [-0.2, -0.15) is 0 Å². The van der Waals surface area contributed by atoms with E-state index < -0.39 is 0 Å². The SMILES string of the molecule is Cc1sc2cccc(-c3ccnc(-c4[c-]ccc5c4oc4ccccc45)c3)c2c1C.Cc1sc2cccc(-c3ccnc(-c4[c-]ccc5c4oc4ccccc45)c3)c2c1C.Cc1sc2cccc(-c3ccnc(-c4[c-]ccc5c4oc4ccccc45)c3)c2c1C.[Ir+3]. The van der Waals surface area contributed by atoms with Crippen molar-refractivity contribution in [3.63, 3.8) is 0 Å². The second-order valence-electron chi connectivity index (χ2n) is 22.8. The molecule has 0 unspecified atom stereocenters. The van der Waals surface area contributed by atoms with Crippen LogP contribution in [0.3, 0.4) is 0 Å². The van der Waals surface area contributed by atoms with Crippen LogP contribution in [0.4, 0.5) is 0 Å². The Morgan fingerprint density at radius 3 is 0.923 bits per heavy atom. The standard InChI is InChI=1S/3C27H18NOS.Ir/c3*1-16-17(2)30-25-12-6-8-19(26(16)25)18-13-14-28-23(15-18)22-10-5-9-21-20-7-3-4-11-24(20)29-27(21)22;/h3*3-9,11-15H,1-2H3;/q3*-1;+3. The average Bonchev–Trinajstić information content (AvgIpc) is 1.76. The number of nitrogens with zero attached hydrogens (tertiary/aromatic N) is 3. The van der Waals surface area contributed by atoms with Crippen LogP contribution in [-0.4, -0.2) is 15.0 Å². The van der Waals surface area contributed by atoms with E-state index in [1.165, 1.54) is 78.3 Å². The number of aryl methyl sites for hydroxylation is 6. The van der Waals surface area contributed by atoms with Crippen LogP contribution < -0.4 is 0 Å². The molecule has 0 aliphatic rings. The van der Waals surface area contributed by atoms with Gasteiger partial charge in [0.25, 0.3) is 0 Å². The molecule has 0 amide bonds. The number of benzene rings is 9. The number of hydrogen-bond donors (Lipinski definition) is 0. The van der Waals surface area contributed by atoms with Gasteiger partial charge in [-0.25, -0.2) is 0 Å². The molecule has 0 radical (unpaired) electrons. The molecule has 0 fully saturated rings. The quantitative estimate of drug-likeness (QED) is 0.154. The first-order valence-corrected chi connectivity index (χ1v) is 32.4. The largest absolute Gasteiger partial charge is 3.00 e. The van der Waals surface area contributed by atoms with E-state index in [0.29, 0.717) is 0 Å². The number of fused-ring (bicyclic) bond motifs is 12. The van der Waals surface area contributed by atoms with Crippen molar-refractivity contribution in [2.45, 2.75) is 41.5 Å². The Hall–Kier alpha value is -9.64. The first-order valence-electron chi connectivity index (χ1n) is 29.9. The molecular formula is C81H54IrN3O3S3. The Labute approximate surface area is 551 Å². The Balaban J connectivity index is 0.000000113. The molecule has 0 aliphatic heterocycles. The fourth-order valence-corrected chi connectivity index (χ4v) is 16.1. The molecule has 438 valence electrons. The summed E-state index contributed by atoms with van der Waals surface area (Å²) >= 11 is 5.57. The fourth-order valence-electron chi connectivity index (χ4n) is 12.8. The number of hydrogen-bond acceptors (Lipinski definition) is 9. The van der Waals surface area contributed by atoms with E-state index >= 15 is 0 Å². The van der Waals surface area contributed by atoms with Crippen LogP contribution in [0.2, 0.25) is 0 Å². The minimum Gasteiger partial charge on any atom is -0.501 e. The summed E-state index contributed by atoms with van der Waals surface area (Å²) in [5.74, 6) is 0. The molecule has 0 spiro atoms. The molecule has 9 aromatic heterocycles. The Morgan fingerprint density at radius 2 is 0.615 bits per heavy atom. The molecule has 91 heavy (non-hydrogen) atoms. The monoisotopic (exact) mass is 1410 g/mol. The summed E-state index contributed by atoms with van der Waals surface area (Å²) in [6, 6.07) is 78.9. The van der Waals surface area contributed by atoms with Gasteiger partial charge in [0, 0.05) is 79.6 Å².